The zero-order valence-electron chi connectivity index (χ0n) is 14.9. The number of hydrogen-bond donors (Lipinski definition) is 1. The molecule has 2 amide bonds. The van der Waals surface area contributed by atoms with Gasteiger partial charge in [-0.15, -0.1) is 0 Å². The summed E-state index contributed by atoms with van der Waals surface area (Å²) in [6.07, 6.45) is 6.56. The van der Waals surface area contributed by atoms with E-state index in [0.29, 0.717) is 19.0 Å². The minimum Gasteiger partial charge on any atom is -0.337 e. The quantitative estimate of drug-likeness (QED) is 0.817. The molecule has 0 aromatic carbocycles. The van der Waals surface area contributed by atoms with Crippen molar-refractivity contribution < 1.29 is 9.59 Å². The fourth-order valence-corrected chi connectivity index (χ4v) is 4.29. The van der Waals surface area contributed by atoms with Gasteiger partial charge in [-0.1, -0.05) is 6.42 Å². The first kappa shape index (κ1) is 17.1. The number of H-pyrrole nitrogens is 1. The molecule has 1 aromatic heterocycles. The van der Waals surface area contributed by atoms with Crippen molar-refractivity contribution in [3.05, 3.63) is 32.6 Å². The van der Waals surface area contributed by atoms with Crippen LogP contribution in [0.15, 0.2) is 15.8 Å². The first-order valence-electron chi connectivity index (χ1n) is 9.33. The molecule has 1 saturated carbocycles. The van der Waals surface area contributed by atoms with E-state index in [1.54, 1.807) is 4.90 Å². The van der Waals surface area contributed by atoms with Crippen molar-refractivity contribution in [2.45, 2.75) is 38.1 Å². The van der Waals surface area contributed by atoms with Gasteiger partial charge >= 0.3 is 5.69 Å². The summed E-state index contributed by atoms with van der Waals surface area (Å²) in [6.45, 7) is 1.59. The number of nitrogens with zero attached hydrogens (tertiary/aromatic N) is 3. The van der Waals surface area contributed by atoms with Gasteiger partial charge in [-0.3, -0.25) is 19.4 Å². The van der Waals surface area contributed by atoms with E-state index in [9.17, 15) is 19.2 Å². The van der Waals surface area contributed by atoms with Gasteiger partial charge in [-0.25, -0.2) is 4.79 Å². The lowest BCUT2D eigenvalue weighted by atomic mass is 9.83. The Bertz CT molecular complexity index is 853. The zero-order chi connectivity index (χ0) is 18.4. The summed E-state index contributed by atoms with van der Waals surface area (Å²) in [5.74, 6) is 0.146. The van der Waals surface area contributed by atoms with E-state index in [2.05, 4.69) is 4.98 Å². The molecule has 8 heteroatoms. The molecule has 4 aliphatic rings. The second-order valence-electron chi connectivity index (χ2n) is 7.84. The number of fused-ring (bicyclic) bond motifs is 4. The monoisotopic (exact) mass is 360 g/mol. The summed E-state index contributed by atoms with van der Waals surface area (Å²) in [4.78, 5) is 55.1. The van der Waals surface area contributed by atoms with Crippen LogP contribution in [0.4, 0.5) is 0 Å². The normalized spacial score (nSPS) is 26.0. The number of aryl methyl sites for hydroxylation is 1. The lowest BCUT2D eigenvalue weighted by Gasteiger charge is -2.40. The van der Waals surface area contributed by atoms with Crippen LogP contribution in [-0.2, 0) is 11.8 Å². The van der Waals surface area contributed by atoms with Gasteiger partial charge in [0.05, 0.1) is 5.92 Å². The number of hydrogen-bond acceptors (Lipinski definition) is 4. The van der Waals surface area contributed by atoms with Crippen molar-refractivity contribution in [3.63, 3.8) is 0 Å². The van der Waals surface area contributed by atoms with Crippen LogP contribution < -0.4 is 11.2 Å². The van der Waals surface area contributed by atoms with Gasteiger partial charge in [0.15, 0.2) is 0 Å². The number of amides is 2. The predicted octanol–water partition coefficient (Wildman–Crippen LogP) is -0.0633. The third kappa shape index (κ3) is 2.87. The molecule has 5 rings (SSSR count). The summed E-state index contributed by atoms with van der Waals surface area (Å²) >= 11 is 0. The summed E-state index contributed by atoms with van der Waals surface area (Å²) in [5.41, 5.74) is -1.27. The fraction of sp³-hybridized carbons (Fsp3) is 0.667. The van der Waals surface area contributed by atoms with Gasteiger partial charge in [-0.2, -0.15) is 0 Å². The highest BCUT2D eigenvalue weighted by molar-refractivity contribution is 5.94. The van der Waals surface area contributed by atoms with Crippen LogP contribution in [0.1, 0.15) is 42.5 Å². The van der Waals surface area contributed by atoms with Gasteiger partial charge in [0.25, 0.3) is 11.5 Å². The third-order valence-electron chi connectivity index (χ3n) is 6.10. The molecule has 0 spiro atoms. The van der Waals surface area contributed by atoms with Crippen molar-refractivity contribution >= 4 is 11.8 Å². The molecule has 140 valence electrons. The minimum atomic E-state index is -0.674. The lowest BCUT2D eigenvalue weighted by Crippen LogP contribution is -2.50. The molecule has 8 nitrogen and oxygen atoms in total. The molecule has 3 aliphatic heterocycles. The number of aromatic amines is 1. The molecule has 2 atom stereocenters. The fourth-order valence-electron chi connectivity index (χ4n) is 4.29. The molecule has 0 radical (unpaired) electrons. The molecule has 1 aliphatic carbocycles. The van der Waals surface area contributed by atoms with Gasteiger partial charge in [0, 0.05) is 38.9 Å². The van der Waals surface area contributed by atoms with Crippen LogP contribution in [-0.4, -0.2) is 56.8 Å². The van der Waals surface area contributed by atoms with E-state index in [1.165, 1.54) is 37.1 Å². The molecule has 3 saturated heterocycles. The first-order valence-corrected chi connectivity index (χ1v) is 9.33. The van der Waals surface area contributed by atoms with E-state index in [-0.39, 0.29) is 23.4 Å². The Morgan fingerprint density at radius 2 is 1.92 bits per heavy atom. The maximum Gasteiger partial charge on any atom is 0.328 e. The average Bonchev–Trinajstić information content (AvgIpc) is 2.85. The SMILES string of the molecule is Cn1cc(C(=O)N2C[C@H]3CC[C@@H](C2)N(CC2CCC2)C3=O)c(=O)[nH]c1=O. The van der Waals surface area contributed by atoms with E-state index in [0.717, 1.165) is 19.4 Å². The maximum atomic E-state index is 12.9. The molecule has 4 heterocycles. The molecular formula is C18H24N4O4. The second kappa shape index (κ2) is 6.41. The number of piperidine rings is 1. The van der Waals surface area contributed by atoms with E-state index >= 15 is 0 Å². The summed E-state index contributed by atoms with van der Waals surface area (Å²) in [5, 5.41) is 0. The minimum absolute atomic E-state index is 0.0254. The topological polar surface area (TPSA) is 95.5 Å². The van der Waals surface area contributed by atoms with Crippen molar-refractivity contribution in [1.29, 1.82) is 0 Å². The van der Waals surface area contributed by atoms with Crippen molar-refractivity contribution in [2.75, 3.05) is 19.6 Å². The number of carbonyl (C=O) groups is 2. The van der Waals surface area contributed by atoms with Crippen LogP contribution in [0.3, 0.4) is 0 Å². The van der Waals surface area contributed by atoms with Crippen LogP contribution in [0.5, 0.6) is 0 Å². The molecular weight excluding hydrogens is 336 g/mol. The van der Waals surface area contributed by atoms with E-state index in [1.807, 2.05) is 4.90 Å². The molecule has 2 bridgehead atoms. The van der Waals surface area contributed by atoms with Gasteiger partial charge in [0.2, 0.25) is 5.91 Å². The van der Waals surface area contributed by atoms with Crippen molar-refractivity contribution in [3.8, 4) is 0 Å². The standard InChI is InChI=1S/C18H24N4O4/c1-20-10-14(15(23)19-18(20)26)17(25)21-8-12-5-6-13(9-21)22(16(12)24)7-11-3-2-4-11/h10-13H,2-9H2,1H3,(H,19,23,26)/t12-,13+/m1/s1. The highest BCUT2D eigenvalue weighted by Crippen LogP contribution is 2.34. The second-order valence-corrected chi connectivity index (χ2v) is 7.84. The average molecular weight is 360 g/mol. The van der Waals surface area contributed by atoms with Crippen molar-refractivity contribution in [2.24, 2.45) is 18.9 Å². The van der Waals surface area contributed by atoms with Crippen LogP contribution in [0, 0.1) is 11.8 Å². The van der Waals surface area contributed by atoms with Gasteiger partial charge in [0.1, 0.15) is 5.56 Å². The largest absolute Gasteiger partial charge is 0.337 e. The smallest absolute Gasteiger partial charge is 0.328 e. The molecule has 1 aromatic rings. The Morgan fingerprint density at radius 3 is 2.62 bits per heavy atom. The van der Waals surface area contributed by atoms with Crippen LogP contribution >= 0.6 is 0 Å². The highest BCUT2D eigenvalue weighted by atomic mass is 16.2. The highest BCUT2D eigenvalue weighted by Gasteiger charge is 2.43. The first-order chi connectivity index (χ1) is 12.4. The maximum absolute atomic E-state index is 12.9. The third-order valence-corrected chi connectivity index (χ3v) is 6.10. The molecule has 1 N–H and O–H groups in total. The molecule has 0 unspecified atom stereocenters. The summed E-state index contributed by atoms with van der Waals surface area (Å²) in [7, 11) is 1.49. The Kier molecular flexibility index (Phi) is 4.20. The zero-order valence-corrected chi connectivity index (χ0v) is 14.9. The number of rotatable bonds is 3. The van der Waals surface area contributed by atoms with E-state index < -0.39 is 17.2 Å². The van der Waals surface area contributed by atoms with E-state index in [4.69, 9.17) is 0 Å². The Labute approximate surface area is 150 Å². The molecule has 4 fully saturated rings. The van der Waals surface area contributed by atoms with Gasteiger partial charge in [-0.05, 0) is 31.6 Å². The Morgan fingerprint density at radius 1 is 1.15 bits per heavy atom. The predicted molar refractivity (Wildman–Crippen MR) is 93.8 cm³/mol. The summed E-state index contributed by atoms with van der Waals surface area (Å²) in [6, 6.07) is 0.0254. The summed E-state index contributed by atoms with van der Waals surface area (Å²) < 4.78 is 1.19. The van der Waals surface area contributed by atoms with Crippen molar-refractivity contribution in [1.82, 2.24) is 19.4 Å². The van der Waals surface area contributed by atoms with Crippen LogP contribution in [0.25, 0.3) is 0 Å². The Hall–Kier alpha value is -2.38. The Balaban J connectivity index is 1.58. The number of nitrogens with one attached hydrogen (secondary N) is 1. The lowest BCUT2D eigenvalue weighted by molar-refractivity contribution is -0.141. The number of carbonyl (C=O) groups excluding carboxylic acids is 2. The van der Waals surface area contributed by atoms with Crippen LogP contribution in [0.2, 0.25) is 0 Å². The molecule has 26 heavy (non-hydrogen) atoms. The van der Waals surface area contributed by atoms with Gasteiger partial charge < -0.3 is 14.4 Å². The number of aromatic nitrogens is 2.